The first kappa shape index (κ1) is 11.5. The SMILES string of the molecule is Nc1cc2c(cc1N1Cc3ccccc3C1)OCCO2. The fourth-order valence-corrected chi connectivity index (χ4v) is 2.87. The van der Waals surface area contributed by atoms with Crippen molar-refractivity contribution in [2.75, 3.05) is 23.8 Å². The minimum absolute atomic E-state index is 0.584. The average Bonchev–Trinajstić information content (AvgIpc) is 2.90. The van der Waals surface area contributed by atoms with Crippen LogP contribution in [0, 0.1) is 0 Å². The Balaban J connectivity index is 1.70. The zero-order valence-corrected chi connectivity index (χ0v) is 11.1. The molecule has 0 saturated carbocycles. The molecule has 2 N–H and O–H groups in total. The molecule has 0 unspecified atom stereocenters. The molecule has 20 heavy (non-hydrogen) atoms. The molecule has 102 valence electrons. The molecule has 0 fully saturated rings. The summed E-state index contributed by atoms with van der Waals surface area (Å²) < 4.78 is 11.2. The molecule has 0 saturated heterocycles. The smallest absolute Gasteiger partial charge is 0.163 e. The third-order valence-electron chi connectivity index (χ3n) is 3.87. The van der Waals surface area contributed by atoms with E-state index in [1.807, 2.05) is 12.1 Å². The average molecular weight is 268 g/mol. The second-order valence-electron chi connectivity index (χ2n) is 5.18. The topological polar surface area (TPSA) is 47.7 Å². The van der Waals surface area contributed by atoms with E-state index in [4.69, 9.17) is 15.2 Å². The van der Waals surface area contributed by atoms with Gasteiger partial charge in [-0.05, 0) is 11.1 Å². The van der Waals surface area contributed by atoms with Crippen LogP contribution >= 0.6 is 0 Å². The lowest BCUT2D eigenvalue weighted by atomic mass is 10.1. The molecular formula is C16H16N2O2. The van der Waals surface area contributed by atoms with Crippen molar-refractivity contribution in [2.45, 2.75) is 13.1 Å². The van der Waals surface area contributed by atoms with Crippen LogP contribution in [0.1, 0.15) is 11.1 Å². The number of anilines is 2. The Morgan fingerprint density at radius 2 is 1.50 bits per heavy atom. The fourth-order valence-electron chi connectivity index (χ4n) is 2.87. The van der Waals surface area contributed by atoms with Crippen molar-refractivity contribution in [2.24, 2.45) is 0 Å². The lowest BCUT2D eigenvalue weighted by molar-refractivity contribution is 0.172. The molecule has 0 bridgehead atoms. The summed E-state index contributed by atoms with van der Waals surface area (Å²) >= 11 is 0. The van der Waals surface area contributed by atoms with Gasteiger partial charge in [0, 0.05) is 25.2 Å². The second kappa shape index (κ2) is 4.34. The van der Waals surface area contributed by atoms with E-state index >= 15 is 0 Å². The highest BCUT2D eigenvalue weighted by atomic mass is 16.6. The molecule has 0 spiro atoms. The number of nitrogen functional groups attached to an aromatic ring is 1. The van der Waals surface area contributed by atoms with Gasteiger partial charge in [0.1, 0.15) is 13.2 Å². The van der Waals surface area contributed by atoms with E-state index in [9.17, 15) is 0 Å². The van der Waals surface area contributed by atoms with Gasteiger partial charge in [0.05, 0.1) is 11.4 Å². The Morgan fingerprint density at radius 3 is 2.15 bits per heavy atom. The molecule has 2 aliphatic heterocycles. The molecule has 0 aromatic heterocycles. The number of fused-ring (bicyclic) bond motifs is 2. The molecule has 0 radical (unpaired) electrons. The molecule has 0 amide bonds. The molecule has 4 nitrogen and oxygen atoms in total. The number of nitrogens with zero attached hydrogens (tertiary/aromatic N) is 1. The van der Waals surface area contributed by atoms with E-state index in [1.165, 1.54) is 11.1 Å². The Kier molecular flexibility index (Phi) is 2.49. The van der Waals surface area contributed by atoms with Gasteiger partial charge in [-0.25, -0.2) is 0 Å². The number of hydrogen-bond donors (Lipinski definition) is 1. The maximum Gasteiger partial charge on any atom is 0.163 e. The Morgan fingerprint density at radius 1 is 0.900 bits per heavy atom. The van der Waals surface area contributed by atoms with Gasteiger partial charge in [-0.1, -0.05) is 24.3 Å². The van der Waals surface area contributed by atoms with Gasteiger partial charge in [-0.2, -0.15) is 0 Å². The van der Waals surface area contributed by atoms with Gasteiger partial charge >= 0.3 is 0 Å². The summed E-state index contributed by atoms with van der Waals surface area (Å²) in [5.74, 6) is 1.53. The molecule has 2 heterocycles. The summed E-state index contributed by atoms with van der Waals surface area (Å²) in [6.07, 6.45) is 0. The highest BCUT2D eigenvalue weighted by Crippen LogP contribution is 2.40. The summed E-state index contributed by atoms with van der Waals surface area (Å²) in [4.78, 5) is 2.28. The molecule has 4 heteroatoms. The lowest BCUT2D eigenvalue weighted by Gasteiger charge is -2.24. The quantitative estimate of drug-likeness (QED) is 0.807. The highest BCUT2D eigenvalue weighted by molar-refractivity contribution is 5.74. The van der Waals surface area contributed by atoms with Crippen molar-refractivity contribution in [3.05, 3.63) is 47.5 Å². The number of rotatable bonds is 1. The van der Waals surface area contributed by atoms with Gasteiger partial charge in [0.25, 0.3) is 0 Å². The van der Waals surface area contributed by atoms with Gasteiger partial charge in [-0.15, -0.1) is 0 Å². The maximum atomic E-state index is 6.18. The van der Waals surface area contributed by atoms with Crippen molar-refractivity contribution in [3.8, 4) is 11.5 Å². The van der Waals surface area contributed by atoms with Crippen LogP contribution in [0.3, 0.4) is 0 Å². The van der Waals surface area contributed by atoms with Crippen LogP contribution in [-0.2, 0) is 13.1 Å². The normalized spacial score (nSPS) is 16.1. The van der Waals surface area contributed by atoms with Crippen LogP contribution in [0.2, 0.25) is 0 Å². The number of benzene rings is 2. The van der Waals surface area contributed by atoms with Crippen LogP contribution in [0.15, 0.2) is 36.4 Å². The van der Waals surface area contributed by atoms with Crippen LogP contribution in [-0.4, -0.2) is 13.2 Å². The van der Waals surface area contributed by atoms with Crippen LogP contribution in [0.25, 0.3) is 0 Å². The van der Waals surface area contributed by atoms with Gasteiger partial charge in [0.2, 0.25) is 0 Å². The zero-order valence-electron chi connectivity index (χ0n) is 11.1. The molecule has 2 aromatic rings. The largest absolute Gasteiger partial charge is 0.486 e. The third-order valence-corrected chi connectivity index (χ3v) is 3.87. The van der Waals surface area contributed by atoms with Crippen molar-refractivity contribution in [1.82, 2.24) is 0 Å². The summed E-state index contributed by atoms with van der Waals surface area (Å²) in [6, 6.07) is 12.4. The zero-order chi connectivity index (χ0) is 13.5. The van der Waals surface area contributed by atoms with E-state index in [0.29, 0.717) is 13.2 Å². The van der Waals surface area contributed by atoms with Gasteiger partial charge in [-0.3, -0.25) is 0 Å². The first-order valence-corrected chi connectivity index (χ1v) is 6.82. The summed E-state index contributed by atoms with van der Waals surface area (Å²) in [5, 5.41) is 0. The first-order chi connectivity index (χ1) is 9.81. The maximum absolute atomic E-state index is 6.18. The highest BCUT2D eigenvalue weighted by Gasteiger charge is 2.23. The molecule has 0 atom stereocenters. The predicted octanol–water partition coefficient (Wildman–Crippen LogP) is 2.56. The van der Waals surface area contributed by atoms with Crippen LogP contribution < -0.4 is 20.1 Å². The van der Waals surface area contributed by atoms with E-state index in [-0.39, 0.29) is 0 Å². The second-order valence-corrected chi connectivity index (χ2v) is 5.18. The number of ether oxygens (including phenoxy) is 2. The fraction of sp³-hybridized carbons (Fsp3) is 0.250. The molecular weight excluding hydrogens is 252 g/mol. The predicted molar refractivity (Wildman–Crippen MR) is 78.2 cm³/mol. The number of hydrogen-bond acceptors (Lipinski definition) is 4. The summed E-state index contributed by atoms with van der Waals surface area (Å²) in [7, 11) is 0. The monoisotopic (exact) mass is 268 g/mol. The lowest BCUT2D eigenvalue weighted by Crippen LogP contribution is -2.19. The third kappa shape index (κ3) is 1.76. The Labute approximate surface area is 117 Å². The van der Waals surface area contributed by atoms with E-state index < -0.39 is 0 Å². The van der Waals surface area contributed by atoms with Crippen LogP contribution in [0.5, 0.6) is 11.5 Å². The van der Waals surface area contributed by atoms with Crippen molar-refractivity contribution >= 4 is 11.4 Å². The van der Waals surface area contributed by atoms with E-state index in [0.717, 1.165) is 36.0 Å². The van der Waals surface area contributed by atoms with Crippen molar-refractivity contribution in [3.63, 3.8) is 0 Å². The first-order valence-electron chi connectivity index (χ1n) is 6.82. The summed E-state index contributed by atoms with van der Waals surface area (Å²) in [6.45, 7) is 2.96. The molecule has 2 aliphatic rings. The molecule has 2 aromatic carbocycles. The number of nitrogens with two attached hydrogens (primary N) is 1. The Bertz CT molecular complexity index is 645. The molecule has 0 aliphatic carbocycles. The van der Waals surface area contributed by atoms with Crippen molar-refractivity contribution in [1.29, 1.82) is 0 Å². The van der Waals surface area contributed by atoms with E-state index in [2.05, 4.69) is 29.2 Å². The Hall–Kier alpha value is -2.36. The summed E-state index contributed by atoms with van der Waals surface area (Å²) in [5.41, 5.74) is 10.7. The van der Waals surface area contributed by atoms with Gasteiger partial charge < -0.3 is 20.1 Å². The minimum atomic E-state index is 0.584. The van der Waals surface area contributed by atoms with Crippen molar-refractivity contribution < 1.29 is 9.47 Å². The minimum Gasteiger partial charge on any atom is -0.486 e. The van der Waals surface area contributed by atoms with Crippen LogP contribution in [0.4, 0.5) is 11.4 Å². The molecule has 4 rings (SSSR count). The van der Waals surface area contributed by atoms with E-state index in [1.54, 1.807) is 0 Å². The van der Waals surface area contributed by atoms with Gasteiger partial charge in [0.15, 0.2) is 11.5 Å². The standard InChI is InChI=1S/C16H16N2O2/c17-13-7-15-16(20-6-5-19-15)8-14(13)18-9-11-3-1-2-4-12(11)10-18/h1-4,7-8H,5-6,9-10,17H2.